The highest BCUT2D eigenvalue weighted by Gasteiger charge is 2.05. The Bertz CT molecular complexity index is 343. The molecule has 0 aliphatic rings. The molecule has 0 saturated carbocycles. The van der Waals surface area contributed by atoms with Gasteiger partial charge < -0.3 is 5.11 Å². The van der Waals surface area contributed by atoms with Crippen LogP contribution in [0.1, 0.15) is 38.5 Å². The van der Waals surface area contributed by atoms with E-state index in [1.54, 1.807) is 0 Å². The summed E-state index contributed by atoms with van der Waals surface area (Å²) in [6, 6.07) is 10.6. The van der Waals surface area contributed by atoms with E-state index in [4.69, 9.17) is 5.11 Å². The van der Waals surface area contributed by atoms with E-state index in [-0.39, 0.29) is 6.62 Å². The molecule has 1 N–H and O–H groups in total. The van der Waals surface area contributed by atoms with Crippen LogP contribution >= 0.6 is 22.1 Å². The minimum absolute atomic E-state index is 0.192. The highest BCUT2D eigenvalue weighted by Crippen LogP contribution is 2.43. The first kappa shape index (κ1) is 15.7. The number of aliphatic carboxylic acids is 1. The predicted molar refractivity (Wildman–Crippen MR) is 82.1 cm³/mol. The number of carbonyl (C=O) groups is 1. The predicted octanol–water partition coefficient (Wildman–Crippen LogP) is 4.53. The molecule has 4 heteroatoms. The first-order valence-electron chi connectivity index (χ1n) is 6.40. The molecule has 0 amide bonds. The van der Waals surface area contributed by atoms with Crippen LogP contribution in [0.2, 0.25) is 0 Å². The first-order chi connectivity index (χ1) is 8.70. The van der Waals surface area contributed by atoms with Gasteiger partial charge in [0, 0.05) is 6.42 Å². The lowest BCUT2D eigenvalue weighted by Crippen LogP contribution is -1.98. The summed E-state index contributed by atoms with van der Waals surface area (Å²) in [5.41, 5.74) is 0. The van der Waals surface area contributed by atoms with Crippen molar-refractivity contribution in [1.82, 2.24) is 0 Å². The zero-order chi connectivity index (χ0) is 13.2. The van der Waals surface area contributed by atoms with Crippen molar-refractivity contribution in [3.63, 3.8) is 0 Å². The summed E-state index contributed by atoms with van der Waals surface area (Å²) < 4.78 is 0. The molecule has 0 saturated heterocycles. The van der Waals surface area contributed by atoms with Crippen LogP contribution in [-0.4, -0.2) is 17.2 Å². The van der Waals surface area contributed by atoms with Crippen molar-refractivity contribution < 1.29 is 9.90 Å². The van der Waals surface area contributed by atoms with Crippen LogP contribution in [0.5, 0.6) is 0 Å². The van der Waals surface area contributed by atoms with Crippen LogP contribution in [0.25, 0.3) is 0 Å². The molecular formula is C14H20BrO2P. The fourth-order valence-electron chi connectivity index (χ4n) is 1.78. The summed E-state index contributed by atoms with van der Waals surface area (Å²) in [7, 11) is 0. The van der Waals surface area contributed by atoms with Gasteiger partial charge in [0.15, 0.2) is 0 Å². The zero-order valence-corrected chi connectivity index (χ0v) is 13.0. The van der Waals surface area contributed by atoms with Gasteiger partial charge in [0.25, 0.3) is 0 Å². The fourth-order valence-corrected chi connectivity index (χ4v) is 4.49. The average molecular weight is 331 g/mol. The third-order valence-corrected chi connectivity index (χ3v) is 6.64. The molecule has 0 radical (unpaired) electrons. The quantitative estimate of drug-likeness (QED) is 0.533. The highest BCUT2D eigenvalue weighted by molar-refractivity contribution is 9.40. The Morgan fingerprint density at radius 1 is 1.06 bits per heavy atom. The van der Waals surface area contributed by atoms with Crippen LogP contribution in [0.15, 0.2) is 30.3 Å². The molecule has 0 bridgehead atoms. The Balaban J connectivity index is 2.03. The number of benzene rings is 1. The van der Waals surface area contributed by atoms with Crippen LogP contribution in [0.3, 0.4) is 0 Å². The molecular weight excluding hydrogens is 311 g/mol. The van der Waals surface area contributed by atoms with Crippen LogP contribution in [0, 0.1) is 0 Å². The van der Waals surface area contributed by atoms with Crippen molar-refractivity contribution in [1.29, 1.82) is 0 Å². The first-order valence-corrected chi connectivity index (χ1v) is 9.95. The van der Waals surface area contributed by atoms with Crippen molar-refractivity contribution in [3.05, 3.63) is 30.3 Å². The van der Waals surface area contributed by atoms with E-state index in [0.717, 1.165) is 19.3 Å². The van der Waals surface area contributed by atoms with Gasteiger partial charge >= 0.3 is 5.97 Å². The molecule has 1 rings (SSSR count). The van der Waals surface area contributed by atoms with E-state index >= 15 is 0 Å². The van der Waals surface area contributed by atoms with Crippen LogP contribution in [0.4, 0.5) is 0 Å². The summed E-state index contributed by atoms with van der Waals surface area (Å²) in [4.78, 5) is 10.3. The van der Waals surface area contributed by atoms with Crippen LogP contribution < -0.4 is 5.30 Å². The molecule has 1 atom stereocenters. The Morgan fingerprint density at radius 2 is 1.67 bits per heavy atom. The Morgan fingerprint density at radius 3 is 2.33 bits per heavy atom. The third kappa shape index (κ3) is 7.13. The van der Waals surface area contributed by atoms with Gasteiger partial charge in [-0.2, -0.15) is 0 Å². The summed E-state index contributed by atoms with van der Waals surface area (Å²) in [5.74, 6) is -0.678. The number of hydrogen-bond acceptors (Lipinski definition) is 1. The number of halogens is 1. The summed E-state index contributed by atoms with van der Waals surface area (Å²) in [6.45, 7) is -0.192. The van der Waals surface area contributed by atoms with Crippen LogP contribution in [-0.2, 0) is 4.79 Å². The van der Waals surface area contributed by atoms with E-state index < -0.39 is 5.97 Å². The van der Waals surface area contributed by atoms with Gasteiger partial charge in [-0.25, -0.2) is 0 Å². The second-order valence-corrected chi connectivity index (χ2v) is 8.59. The summed E-state index contributed by atoms with van der Waals surface area (Å²) >= 11 is 3.77. The second-order valence-electron chi connectivity index (χ2n) is 4.33. The average Bonchev–Trinajstić information content (AvgIpc) is 2.38. The molecule has 1 unspecified atom stereocenters. The number of hydrogen-bond donors (Lipinski definition) is 1. The molecule has 0 spiro atoms. The lowest BCUT2D eigenvalue weighted by atomic mass is 10.1. The van der Waals surface area contributed by atoms with Crippen molar-refractivity contribution in [2.24, 2.45) is 0 Å². The Labute approximate surface area is 118 Å². The molecule has 1 aromatic carbocycles. The van der Waals surface area contributed by atoms with Gasteiger partial charge in [0.1, 0.15) is 0 Å². The van der Waals surface area contributed by atoms with Crippen molar-refractivity contribution in [2.45, 2.75) is 38.5 Å². The monoisotopic (exact) mass is 330 g/mol. The van der Waals surface area contributed by atoms with Gasteiger partial charge in [-0.1, -0.05) is 65.1 Å². The van der Waals surface area contributed by atoms with E-state index in [1.165, 1.54) is 24.3 Å². The molecule has 2 nitrogen and oxygen atoms in total. The van der Waals surface area contributed by atoms with Gasteiger partial charge in [-0.15, -0.1) is 0 Å². The standard InChI is InChI=1S/C14H20BrO2P/c15-18(13-9-5-4-6-10-13)12-8-3-1-2-7-11-14(16)17/h4-6,9-10H,1-3,7-8,11-12H2,(H,16,17). The molecule has 0 heterocycles. The van der Waals surface area contributed by atoms with Gasteiger partial charge in [0.2, 0.25) is 0 Å². The van der Waals surface area contributed by atoms with Gasteiger partial charge in [0.05, 0.1) is 0 Å². The fraction of sp³-hybridized carbons (Fsp3) is 0.500. The van der Waals surface area contributed by atoms with E-state index in [0.29, 0.717) is 6.42 Å². The maximum absolute atomic E-state index is 10.3. The van der Waals surface area contributed by atoms with E-state index in [2.05, 4.69) is 39.8 Å². The van der Waals surface area contributed by atoms with Crippen molar-refractivity contribution >= 4 is 33.4 Å². The number of carboxylic acid groups (broad SMARTS) is 1. The Hall–Kier alpha value is -0.400. The van der Waals surface area contributed by atoms with Crippen molar-refractivity contribution in [2.75, 3.05) is 6.16 Å². The largest absolute Gasteiger partial charge is 0.481 e. The maximum atomic E-state index is 10.3. The van der Waals surface area contributed by atoms with Gasteiger partial charge in [-0.05, 0) is 30.9 Å². The Kier molecular flexibility index (Phi) is 8.28. The van der Waals surface area contributed by atoms with E-state index in [1.807, 2.05) is 6.07 Å². The molecule has 18 heavy (non-hydrogen) atoms. The van der Waals surface area contributed by atoms with E-state index in [9.17, 15) is 4.79 Å². The minimum Gasteiger partial charge on any atom is -0.481 e. The molecule has 0 aliphatic carbocycles. The third-order valence-electron chi connectivity index (χ3n) is 2.78. The molecule has 100 valence electrons. The minimum atomic E-state index is -0.678. The molecule has 0 aliphatic heterocycles. The summed E-state index contributed by atoms with van der Waals surface area (Å²) in [6.07, 6.45) is 6.95. The number of carboxylic acids is 1. The lowest BCUT2D eigenvalue weighted by Gasteiger charge is -2.09. The summed E-state index contributed by atoms with van der Waals surface area (Å²) in [5, 5.41) is 9.91. The second kappa shape index (κ2) is 9.52. The highest BCUT2D eigenvalue weighted by atomic mass is 79.9. The number of unbranched alkanes of at least 4 members (excludes halogenated alkanes) is 4. The smallest absolute Gasteiger partial charge is 0.303 e. The van der Waals surface area contributed by atoms with Crippen molar-refractivity contribution in [3.8, 4) is 0 Å². The zero-order valence-electron chi connectivity index (χ0n) is 10.5. The van der Waals surface area contributed by atoms with Gasteiger partial charge in [-0.3, -0.25) is 4.79 Å². The normalized spacial score (nSPS) is 12.3. The topological polar surface area (TPSA) is 37.3 Å². The number of rotatable bonds is 9. The SMILES string of the molecule is O=C(O)CCCCCCCP(Br)c1ccccc1. The molecule has 0 fully saturated rings. The molecule has 1 aromatic rings. The lowest BCUT2D eigenvalue weighted by molar-refractivity contribution is -0.137. The molecule has 0 aromatic heterocycles. The maximum Gasteiger partial charge on any atom is 0.303 e.